The molecule has 0 spiro atoms. The molecule has 29 heavy (non-hydrogen) atoms. The van der Waals surface area contributed by atoms with Crippen LogP contribution in [0.5, 0.6) is 0 Å². The summed E-state index contributed by atoms with van der Waals surface area (Å²) in [6.07, 6.45) is 11.6. The lowest BCUT2D eigenvalue weighted by Crippen LogP contribution is -2.12. The number of benzene rings is 2. The van der Waals surface area contributed by atoms with Crippen LogP contribution in [0.25, 0.3) is 0 Å². The molecule has 0 radical (unpaired) electrons. The predicted molar refractivity (Wildman–Crippen MR) is 122 cm³/mol. The van der Waals surface area contributed by atoms with Crippen molar-refractivity contribution in [1.29, 1.82) is 0 Å². The van der Waals surface area contributed by atoms with Crippen LogP contribution in [-0.4, -0.2) is 0 Å². The van der Waals surface area contributed by atoms with Gasteiger partial charge in [-0.2, -0.15) is 0 Å². The first kappa shape index (κ1) is 21.6. The Morgan fingerprint density at radius 2 is 1.62 bits per heavy atom. The zero-order chi connectivity index (χ0) is 20.5. The number of hydrogen-bond acceptors (Lipinski definition) is 0. The third-order valence-electron chi connectivity index (χ3n) is 6.24. The quantitative estimate of drug-likeness (QED) is 0.334. The van der Waals surface area contributed by atoms with Crippen LogP contribution in [-0.2, 0) is 12.8 Å². The Labute approximate surface area is 176 Å². The van der Waals surface area contributed by atoms with Crippen LogP contribution >= 0.6 is 0 Å². The van der Waals surface area contributed by atoms with Crippen LogP contribution in [0.2, 0.25) is 0 Å². The smallest absolute Gasteiger partial charge is 0.127 e. The van der Waals surface area contributed by atoms with Crippen LogP contribution in [0.4, 0.5) is 4.39 Å². The van der Waals surface area contributed by atoms with Gasteiger partial charge in [-0.15, -0.1) is 0 Å². The maximum absolute atomic E-state index is 14.1. The van der Waals surface area contributed by atoms with Gasteiger partial charge in [0.2, 0.25) is 0 Å². The fraction of sp³-hybridized carbons (Fsp3) is 0.500. The Bertz CT molecular complexity index is 814. The summed E-state index contributed by atoms with van der Waals surface area (Å²) in [6.45, 7) is 4.33. The Morgan fingerprint density at radius 1 is 0.862 bits per heavy atom. The molecule has 0 unspecified atom stereocenters. The molecule has 0 saturated heterocycles. The van der Waals surface area contributed by atoms with E-state index in [4.69, 9.17) is 0 Å². The molecule has 3 rings (SSSR count). The molecule has 0 nitrogen and oxygen atoms in total. The van der Waals surface area contributed by atoms with Crippen molar-refractivity contribution in [3.8, 4) is 11.8 Å². The molecule has 0 atom stereocenters. The van der Waals surface area contributed by atoms with Crippen molar-refractivity contribution in [1.82, 2.24) is 0 Å². The monoisotopic (exact) mass is 390 g/mol. The second-order valence-corrected chi connectivity index (χ2v) is 8.57. The van der Waals surface area contributed by atoms with Gasteiger partial charge in [0.25, 0.3) is 0 Å². The van der Waals surface area contributed by atoms with Gasteiger partial charge in [0.1, 0.15) is 5.82 Å². The molecule has 1 heteroatoms. The Kier molecular flexibility index (Phi) is 8.36. The Balaban J connectivity index is 1.51. The summed E-state index contributed by atoms with van der Waals surface area (Å²) in [7, 11) is 0. The average Bonchev–Trinajstić information content (AvgIpc) is 2.75. The molecule has 0 amide bonds. The largest absolute Gasteiger partial charge is 0.207 e. The molecule has 1 aliphatic rings. The summed E-state index contributed by atoms with van der Waals surface area (Å²) in [5.74, 6) is 7.63. The number of rotatable bonds is 7. The van der Waals surface area contributed by atoms with Gasteiger partial charge >= 0.3 is 0 Å². The van der Waals surface area contributed by atoms with E-state index in [0.717, 1.165) is 36.8 Å². The van der Waals surface area contributed by atoms with Crippen LogP contribution in [0.3, 0.4) is 0 Å². The maximum Gasteiger partial charge on any atom is 0.127 e. The van der Waals surface area contributed by atoms with Crippen molar-refractivity contribution >= 4 is 0 Å². The molecule has 1 aliphatic carbocycles. The second-order valence-electron chi connectivity index (χ2n) is 8.57. The average molecular weight is 391 g/mol. The van der Waals surface area contributed by atoms with Crippen molar-refractivity contribution in [2.45, 2.75) is 84.0 Å². The minimum Gasteiger partial charge on any atom is -0.207 e. The summed E-state index contributed by atoms with van der Waals surface area (Å²) >= 11 is 0. The van der Waals surface area contributed by atoms with E-state index in [-0.39, 0.29) is 5.82 Å². The van der Waals surface area contributed by atoms with Gasteiger partial charge in [0.15, 0.2) is 0 Å². The van der Waals surface area contributed by atoms with Gasteiger partial charge in [-0.25, -0.2) is 4.39 Å². The lowest BCUT2D eigenvalue weighted by atomic mass is 9.78. The summed E-state index contributed by atoms with van der Waals surface area (Å²) in [6, 6.07) is 14.8. The summed E-state index contributed by atoms with van der Waals surface area (Å²) in [5, 5.41) is 0. The van der Waals surface area contributed by atoms with Crippen molar-refractivity contribution in [3.63, 3.8) is 0 Å². The third kappa shape index (κ3) is 6.46. The van der Waals surface area contributed by atoms with Crippen molar-refractivity contribution < 1.29 is 4.39 Å². The van der Waals surface area contributed by atoms with E-state index in [1.54, 1.807) is 6.07 Å². The standard InChI is InChI=1S/C28H35F/c1-3-5-6-8-22-11-16-25(17-12-22)26-18-13-23(14-19-26)9-10-24-15-20-27(7-4-2)28(29)21-24/h11-12,15-17,20-21,23,26H,3-8,13-14,18-19H2,1-2H3. The molecule has 0 N–H and O–H groups in total. The minimum atomic E-state index is -0.111. The number of aryl methyl sites for hydroxylation is 2. The van der Waals surface area contributed by atoms with Crippen molar-refractivity contribution in [3.05, 3.63) is 70.5 Å². The van der Waals surface area contributed by atoms with Gasteiger partial charge < -0.3 is 0 Å². The van der Waals surface area contributed by atoms with E-state index in [9.17, 15) is 4.39 Å². The maximum atomic E-state index is 14.1. The van der Waals surface area contributed by atoms with E-state index in [2.05, 4.69) is 50.0 Å². The lowest BCUT2D eigenvalue weighted by Gasteiger charge is -2.26. The fourth-order valence-electron chi connectivity index (χ4n) is 4.39. The highest BCUT2D eigenvalue weighted by Crippen LogP contribution is 2.35. The van der Waals surface area contributed by atoms with Gasteiger partial charge in [-0.3, -0.25) is 0 Å². The highest BCUT2D eigenvalue weighted by Gasteiger charge is 2.21. The summed E-state index contributed by atoms with van der Waals surface area (Å²) < 4.78 is 14.1. The fourth-order valence-corrected chi connectivity index (χ4v) is 4.39. The number of hydrogen-bond donors (Lipinski definition) is 0. The topological polar surface area (TPSA) is 0 Å². The summed E-state index contributed by atoms with van der Waals surface area (Å²) in [4.78, 5) is 0. The molecule has 0 heterocycles. The van der Waals surface area contributed by atoms with Gasteiger partial charge in [0, 0.05) is 11.5 Å². The highest BCUT2D eigenvalue weighted by molar-refractivity contribution is 5.37. The van der Waals surface area contributed by atoms with E-state index in [0.29, 0.717) is 11.8 Å². The van der Waals surface area contributed by atoms with E-state index >= 15 is 0 Å². The van der Waals surface area contributed by atoms with Gasteiger partial charge in [0.05, 0.1) is 0 Å². The van der Waals surface area contributed by atoms with Crippen LogP contribution in [0.15, 0.2) is 42.5 Å². The normalized spacial score (nSPS) is 18.9. The Hall–Kier alpha value is -2.07. The molecule has 2 aromatic rings. The lowest BCUT2D eigenvalue weighted by molar-refractivity contribution is 0.384. The van der Waals surface area contributed by atoms with E-state index < -0.39 is 0 Å². The van der Waals surface area contributed by atoms with Crippen LogP contribution in [0, 0.1) is 23.6 Å². The zero-order valence-corrected chi connectivity index (χ0v) is 18.1. The molecular formula is C28H35F. The first-order valence-electron chi connectivity index (χ1n) is 11.6. The van der Waals surface area contributed by atoms with Gasteiger partial charge in [-0.1, -0.05) is 75.3 Å². The van der Waals surface area contributed by atoms with Gasteiger partial charge in [-0.05, 0) is 79.7 Å². The van der Waals surface area contributed by atoms with Crippen molar-refractivity contribution in [2.24, 2.45) is 5.92 Å². The van der Waals surface area contributed by atoms with Crippen LogP contribution in [0.1, 0.15) is 93.4 Å². The van der Waals surface area contributed by atoms with Crippen LogP contribution < -0.4 is 0 Å². The number of unbranched alkanes of at least 4 members (excludes halogenated alkanes) is 2. The molecular weight excluding hydrogens is 355 g/mol. The molecule has 154 valence electrons. The first-order valence-corrected chi connectivity index (χ1v) is 11.6. The molecule has 0 aliphatic heterocycles. The zero-order valence-electron chi connectivity index (χ0n) is 18.1. The van der Waals surface area contributed by atoms with E-state index in [1.165, 1.54) is 49.7 Å². The molecule has 1 fully saturated rings. The minimum absolute atomic E-state index is 0.111. The molecule has 1 saturated carbocycles. The highest BCUT2D eigenvalue weighted by atomic mass is 19.1. The SMILES string of the molecule is CCCCCc1ccc(C2CCC(C#Cc3ccc(CCC)c(F)c3)CC2)cc1. The second kappa shape index (κ2) is 11.2. The third-order valence-corrected chi connectivity index (χ3v) is 6.24. The molecule has 0 bridgehead atoms. The predicted octanol–water partition coefficient (Wildman–Crippen LogP) is 7.84. The number of halogens is 1. The molecule has 0 aromatic heterocycles. The Morgan fingerprint density at radius 3 is 2.28 bits per heavy atom. The van der Waals surface area contributed by atoms with E-state index in [1.807, 2.05) is 12.1 Å². The molecule has 2 aromatic carbocycles. The van der Waals surface area contributed by atoms with Crippen molar-refractivity contribution in [2.75, 3.05) is 0 Å². The first-order chi connectivity index (χ1) is 14.2. The summed E-state index contributed by atoms with van der Waals surface area (Å²) in [5.41, 5.74) is 4.57.